The van der Waals surface area contributed by atoms with Crippen molar-refractivity contribution in [1.29, 1.82) is 0 Å². The molecular weight excluding hydrogens is 276 g/mol. The molecule has 0 aromatic carbocycles. The minimum absolute atomic E-state index is 0.142. The van der Waals surface area contributed by atoms with E-state index in [-0.39, 0.29) is 6.04 Å². The summed E-state index contributed by atoms with van der Waals surface area (Å²) in [5.74, 6) is 0.879. The van der Waals surface area contributed by atoms with Crippen LogP contribution in [-0.4, -0.2) is 15.0 Å². The molecule has 0 radical (unpaired) electrons. The summed E-state index contributed by atoms with van der Waals surface area (Å²) in [6.45, 7) is 6.26. The number of nitrogens with one attached hydrogen (secondary N) is 1. The molecule has 6 heteroatoms. The Kier molecular flexibility index (Phi) is 3.20. The molecule has 19 heavy (non-hydrogen) atoms. The van der Waals surface area contributed by atoms with Gasteiger partial charge in [-0.1, -0.05) is 0 Å². The fourth-order valence-corrected chi connectivity index (χ4v) is 3.77. The van der Waals surface area contributed by atoms with Crippen molar-refractivity contribution in [3.63, 3.8) is 0 Å². The smallest absolute Gasteiger partial charge is 0.138 e. The number of fused-ring (bicyclic) bond motifs is 1. The zero-order valence-corrected chi connectivity index (χ0v) is 12.6. The van der Waals surface area contributed by atoms with Crippen molar-refractivity contribution in [1.82, 2.24) is 15.0 Å². The zero-order valence-electron chi connectivity index (χ0n) is 11.0. The summed E-state index contributed by atoms with van der Waals surface area (Å²) < 4.78 is 0. The highest BCUT2D eigenvalue weighted by Gasteiger charge is 2.15. The second kappa shape index (κ2) is 4.86. The lowest BCUT2D eigenvalue weighted by Crippen LogP contribution is -2.09. The Morgan fingerprint density at radius 3 is 2.84 bits per heavy atom. The molecule has 0 saturated carbocycles. The van der Waals surface area contributed by atoms with Crippen LogP contribution >= 0.6 is 22.7 Å². The lowest BCUT2D eigenvalue weighted by atomic mass is 10.2. The third-order valence-corrected chi connectivity index (χ3v) is 4.69. The van der Waals surface area contributed by atoms with Crippen LogP contribution in [0.15, 0.2) is 17.8 Å². The third-order valence-electron chi connectivity index (χ3n) is 2.96. The molecule has 1 N–H and O–H groups in total. The number of rotatable bonds is 3. The fourth-order valence-electron chi connectivity index (χ4n) is 2.13. The van der Waals surface area contributed by atoms with Gasteiger partial charge in [-0.25, -0.2) is 15.0 Å². The van der Waals surface area contributed by atoms with E-state index in [1.165, 1.54) is 4.88 Å². The Morgan fingerprint density at radius 1 is 1.26 bits per heavy atom. The van der Waals surface area contributed by atoms with Crippen LogP contribution in [0, 0.1) is 13.8 Å². The summed E-state index contributed by atoms with van der Waals surface area (Å²) in [5, 5.41) is 7.65. The van der Waals surface area contributed by atoms with Crippen LogP contribution in [0.4, 0.5) is 5.82 Å². The van der Waals surface area contributed by atoms with Crippen molar-refractivity contribution in [3.05, 3.63) is 33.4 Å². The van der Waals surface area contributed by atoms with Crippen molar-refractivity contribution in [2.45, 2.75) is 26.8 Å². The van der Waals surface area contributed by atoms with Crippen molar-refractivity contribution in [2.24, 2.45) is 0 Å². The van der Waals surface area contributed by atoms with Gasteiger partial charge < -0.3 is 5.32 Å². The van der Waals surface area contributed by atoms with Gasteiger partial charge in [0.1, 0.15) is 17.0 Å². The van der Waals surface area contributed by atoms with E-state index < -0.39 is 0 Å². The quantitative estimate of drug-likeness (QED) is 0.794. The lowest BCUT2D eigenvalue weighted by Gasteiger charge is -2.13. The minimum Gasteiger partial charge on any atom is -0.361 e. The molecule has 0 aliphatic carbocycles. The second-order valence-corrected chi connectivity index (χ2v) is 6.70. The van der Waals surface area contributed by atoms with Crippen molar-refractivity contribution in [3.8, 4) is 0 Å². The maximum Gasteiger partial charge on any atom is 0.138 e. The highest BCUT2D eigenvalue weighted by Crippen LogP contribution is 2.29. The Labute approximate surface area is 119 Å². The number of thiazole rings is 1. The van der Waals surface area contributed by atoms with E-state index in [0.29, 0.717) is 0 Å². The van der Waals surface area contributed by atoms with Crippen LogP contribution in [0.3, 0.4) is 0 Å². The summed E-state index contributed by atoms with van der Waals surface area (Å²) in [5.41, 5.74) is 1.10. The maximum absolute atomic E-state index is 4.59. The second-order valence-electron chi connectivity index (χ2n) is 4.40. The topological polar surface area (TPSA) is 50.7 Å². The molecular formula is C13H14N4S2. The van der Waals surface area contributed by atoms with Gasteiger partial charge >= 0.3 is 0 Å². The molecule has 0 bridgehead atoms. The average Bonchev–Trinajstić information content (AvgIpc) is 2.96. The van der Waals surface area contributed by atoms with Crippen LogP contribution < -0.4 is 5.32 Å². The van der Waals surface area contributed by atoms with E-state index in [4.69, 9.17) is 0 Å². The largest absolute Gasteiger partial charge is 0.361 e. The number of aryl methyl sites for hydroxylation is 2. The van der Waals surface area contributed by atoms with E-state index >= 15 is 0 Å². The monoisotopic (exact) mass is 290 g/mol. The summed E-state index contributed by atoms with van der Waals surface area (Å²) in [6.07, 6.45) is 1.60. The highest BCUT2D eigenvalue weighted by molar-refractivity contribution is 7.16. The van der Waals surface area contributed by atoms with Crippen LogP contribution in [0.2, 0.25) is 0 Å². The summed E-state index contributed by atoms with van der Waals surface area (Å²) >= 11 is 3.36. The maximum atomic E-state index is 4.59. The lowest BCUT2D eigenvalue weighted by molar-refractivity contribution is 0.831. The van der Waals surface area contributed by atoms with Gasteiger partial charge in [-0.05, 0) is 32.2 Å². The van der Waals surface area contributed by atoms with Crippen LogP contribution in [0.1, 0.15) is 28.5 Å². The zero-order chi connectivity index (χ0) is 13.4. The van der Waals surface area contributed by atoms with Gasteiger partial charge in [0.25, 0.3) is 0 Å². The summed E-state index contributed by atoms with van der Waals surface area (Å²) in [4.78, 5) is 15.5. The number of hydrogen-bond acceptors (Lipinski definition) is 6. The Balaban J connectivity index is 1.92. The van der Waals surface area contributed by atoms with Gasteiger partial charge in [0.2, 0.25) is 0 Å². The number of anilines is 1. The minimum atomic E-state index is 0.142. The van der Waals surface area contributed by atoms with E-state index in [1.54, 1.807) is 29.0 Å². The summed E-state index contributed by atoms with van der Waals surface area (Å²) in [6, 6.07) is 2.19. The Bertz CT molecular complexity index is 716. The molecule has 0 amide bonds. The molecule has 1 atom stereocenters. The highest BCUT2D eigenvalue weighted by atomic mass is 32.1. The summed E-state index contributed by atoms with van der Waals surface area (Å²) in [7, 11) is 0. The molecule has 0 saturated heterocycles. The average molecular weight is 290 g/mol. The van der Waals surface area contributed by atoms with Crippen molar-refractivity contribution >= 4 is 38.7 Å². The first-order valence-corrected chi connectivity index (χ1v) is 7.73. The van der Waals surface area contributed by atoms with Gasteiger partial charge in [-0.2, -0.15) is 0 Å². The van der Waals surface area contributed by atoms with Gasteiger partial charge in [-0.3, -0.25) is 0 Å². The molecule has 98 valence electrons. The first-order valence-electron chi connectivity index (χ1n) is 6.04. The predicted octanol–water partition coefficient (Wildman–Crippen LogP) is 3.94. The van der Waals surface area contributed by atoms with Crippen LogP contribution in [0.25, 0.3) is 10.2 Å². The van der Waals surface area contributed by atoms with Crippen molar-refractivity contribution < 1.29 is 0 Å². The van der Waals surface area contributed by atoms with E-state index in [0.717, 1.165) is 26.7 Å². The molecule has 3 heterocycles. The Morgan fingerprint density at radius 2 is 2.11 bits per heavy atom. The predicted molar refractivity (Wildman–Crippen MR) is 81.0 cm³/mol. The first-order chi connectivity index (χ1) is 9.15. The van der Waals surface area contributed by atoms with Gasteiger partial charge in [0.15, 0.2) is 0 Å². The molecule has 0 aliphatic heterocycles. The van der Waals surface area contributed by atoms with Gasteiger partial charge in [-0.15, -0.1) is 22.7 Å². The molecule has 3 rings (SSSR count). The van der Waals surface area contributed by atoms with E-state index in [1.807, 2.05) is 18.4 Å². The number of aromatic nitrogens is 3. The van der Waals surface area contributed by atoms with E-state index in [2.05, 4.69) is 34.1 Å². The molecule has 3 aromatic heterocycles. The van der Waals surface area contributed by atoms with Crippen molar-refractivity contribution in [2.75, 3.05) is 5.32 Å². The molecule has 3 aromatic rings. The molecule has 1 unspecified atom stereocenters. The number of hydrogen-bond donors (Lipinski definition) is 1. The molecule has 0 fully saturated rings. The van der Waals surface area contributed by atoms with Gasteiger partial charge in [0.05, 0.1) is 22.1 Å². The van der Waals surface area contributed by atoms with E-state index in [9.17, 15) is 0 Å². The van der Waals surface area contributed by atoms with Crippen LogP contribution in [0.5, 0.6) is 0 Å². The first kappa shape index (κ1) is 12.5. The standard InChI is InChI=1S/C13H14N4S2/c1-7(11-8(2)19-9(3)17-11)16-12-10-4-5-18-13(10)15-6-14-12/h4-7H,1-3H3,(H,14,15,16). The van der Waals surface area contributed by atoms with Gasteiger partial charge in [0, 0.05) is 4.88 Å². The molecule has 0 aliphatic rings. The third kappa shape index (κ3) is 2.33. The Hall–Kier alpha value is -1.53. The SMILES string of the molecule is Cc1nc(C(C)Nc2ncnc3sccc23)c(C)s1. The van der Waals surface area contributed by atoms with Crippen LogP contribution in [-0.2, 0) is 0 Å². The number of thiophene rings is 1. The molecule has 4 nitrogen and oxygen atoms in total. The molecule has 0 spiro atoms. The number of nitrogens with zero attached hydrogens (tertiary/aromatic N) is 3. The fraction of sp³-hybridized carbons (Fsp3) is 0.308. The normalized spacial score (nSPS) is 12.8.